The summed E-state index contributed by atoms with van der Waals surface area (Å²) in [5, 5.41) is 3.00. The van der Waals surface area contributed by atoms with E-state index in [9.17, 15) is 14.0 Å². The fourth-order valence-electron chi connectivity index (χ4n) is 3.13. The number of urea groups is 1. The average molecular weight is 363 g/mol. The minimum absolute atomic E-state index is 0.0492. The fourth-order valence-corrected chi connectivity index (χ4v) is 3.13. The minimum Gasteiger partial charge on any atom is -0.444 e. The van der Waals surface area contributed by atoms with Gasteiger partial charge in [-0.05, 0) is 44.9 Å². The van der Waals surface area contributed by atoms with Crippen LogP contribution in [-0.2, 0) is 4.74 Å². The number of amides is 3. The number of nitrogens with one attached hydrogen (secondary N) is 1. The molecule has 2 aliphatic rings. The monoisotopic (exact) mass is 363 g/mol. The number of hydrogen-bond acceptors (Lipinski definition) is 3. The average Bonchev–Trinajstić information content (AvgIpc) is 3.32. The number of hydrogen-bond donors (Lipinski definition) is 1. The zero-order valence-electron chi connectivity index (χ0n) is 15.5. The van der Waals surface area contributed by atoms with Gasteiger partial charge < -0.3 is 19.9 Å². The molecule has 2 unspecified atom stereocenters. The van der Waals surface area contributed by atoms with E-state index in [2.05, 4.69) is 5.32 Å². The summed E-state index contributed by atoms with van der Waals surface area (Å²) >= 11 is 0. The Balaban J connectivity index is 1.44. The summed E-state index contributed by atoms with van der Waals surface area (Å²) in [6.07, 6.45) is 0.485. The molecule has 0 radical (unpaired) electrons. The molecule has 1 saturated carbocycles. The smallest absolute Gasteiger partial charge is 0.410 e. The molecule has 3 amide bonds. The highest BCUT2D eigenvalue weighted by atomic mass is 19.1. The van der Waals surface area contributed by atoms with E-state index in [0.29, 0.717) is 26.2 Å². The Hall–Kier alpha value is -2.31. The van der Waals surface area contributed by atoms with Crippen LogP contribution in [0.15, 0.2) is 24.3 Å². The van der Waals surface area contributed by atoms with Crippen molar-refractivity contribution >= 4 is 12.1 Å². The topological polar surface area (TPSA) is 61.9 Å². The van der Waals surface area contributed by atoms with Crippen molar-refractivity contribution in [1.82, 2.24) is 15.1 Å². The molecule has 3 rings (SSSR count). The summed E-state index contributed by atoms with van der Waals surface area (Å²) in [6.45, 7) is 7.36. The van der Waals surface area contributed by atoms with Crippen LogP contribution in [0.25, 0.3) is 0 Å². The Bertz CT molecular complexity index is 681. The van der Waals surface area contributed by atoms with Gasteiger partial charge in [-0.1, -0.05) is 12.1 Å². The van der Waals surface area contributed by atoms with Gasteiger partial charge in [-0.15, -0.1) is 0 Å². The predicted octanol–water partition coefficient (Wildman–Crippen LogP) is 2.94. The van der Waals surface area contributed by atoms with Crippen LogP contribution in [0.3, 0.4) is 0 Å². The Morgan fingerprint density at radius 2 is 1.81 bits per heavy atom. The van der Waals surface area contributed by atoms with Crippen LogP contribution in [0, 0.1) is 5.82 Å². The Morgan fingerprint density at radius 1 is 1.15 bits per heavy atom. The SMILES string of the molecule is CC(C)(C)OC(=O)N1CCN(C(=O)NC2CC2c2cccc(F)c2)CC1. The van der Waals surface area contributed by atoms with Crippen LogP contribution < -0.4 is 5.32 Å². The van der Waals surface area contributed by atoms with Gasteiger partial charge in [0.05, 0.1) is 0 Å². The summed E-state index contributed by atoms with van der Waals surface area (Å²) in [6, 6.07) is 6.45. The number of ether oxygens (including phenoxy) is 1. The third kappa shape index (κ3) is 4.65. The molecule has 1 aliphatic carbocycles. The molecule has 142 valence electrons. The van der Waals surface area contributed by atoms with Gasteiger partial charge in [-0.3, -0.25) is 0 Å². The normalized spacial score (nSPS) is 22.8. The third-order valence-electron chi connectivity index (χ3n) is 4.59. The van der Waals surface area contributed by atoms with Gasteiger partial charge in [0.2, 0.25) is 0 Å². The lowest BCUT2D eigenvalue weighted by Crippen LogP contribution is -2.54. The van der Waals surface area contributed by atoms with Gasteiger partial charge in [0, 0.05) is 38.1 Å². The highest BCUT2D eigenvalue weighted by Crippen LogP contribution is 2.41. The molecule has 0 spiro atoms. The molecule has 6 nitrogen and oxygen atoms in total. The lowest BCUT2D eigenvalue weighted by molar-refractivity contribution is 0.0170. The maximum absolute atomic E-state index is 13.3. The molecular formula is C19H26FN3O3. The van der Waals surface area contributed by atoms with Crippen molar-refractivity contribution in [1.29, 1.82) is 0 Å². The van der Waals surface area contributed by atoms with Crippen LogP contribution in [0.4, 0.5) is 14.0 Å². The quantitative estimate of drug-likeness (QED) is 0.879. The largest absolute Gasteiger partial charge is 0.444 e. The standard InChI is InChI=1S/C19H26FN3O3/c1-19(2,3)26-18(25)23-9-7-22(8-10-23)17(24)21-16-12-15(16)13-5-4-6-14(20)11-13/h4-6,11,15-16H,7-10,12H2,1-3H3,(H,21,24). The number of carbonyl (C=O) groups is 2. The lowest BCUT2D eigenvalue weighted by atomic mass is 10.1. The molecule has 1 aromatic rings. The molecule has 26 heavy (non-hydrogen) atoms. The van der Waals surface area contributed by atoms with E-state index in [1.54, 1.807) is 15.9 Å². The zero-order chi connectivity index (χ0) is 18.9. The van der Waals surface area contributed by atoms with Crippen LogP contribution in [-0.4, -0.2) is 59.7 Å². The van der Waals surface area contributed by atoms with Crippen molar-refractivity contribution in [2.24, 2.45) is 0 Å². The van der Waals surface area contributed by atoms with Crippen LogP contribution >= 0.6 is 0 Å². The summed E-state index contributed by atoms with van der Waals surface area (Å²) in [5.74, 6) is -0.0737. The molecule has 1 aliphatic heterocycles. The highest BCUT2D eigenvalue weighted by Gasteiger charge is 2.40. The van der Waals surface area contributed by atoms with Crippen molar-refractivity contribution < 1.29 is 18.7 Å². The van der Waals surface area contributed by atoms with E-state index in [-0.39, 0.29) is 29.9 Å². The van der Waals surface area contributed by atoms with Crippen molar-refractivity contribution in [3.05, 3.63) is 35.6 Å². The molecule has 2 atom stereocenters. The third-order valence-corrected chi connectivity index (χ3v) is 4.59. The van der Waals surface area contributed by atoms with Crippen LogP contribution in [0.2, 0.25) is 0 Å². The summed E-state index contributed by atoms with van der Waals surface area (Å²) in [7, 11) is 0. The number of carbonyl (C=O) groups excluding carboxylic acids is 2. The van der Waals surface area contributed by atoms with E-state index in [0.717, 1.165) is 12.0 Å². The van der Waals surface area contributed by atoms with Gasteiger partial charge in [-0.2, -0.15) is 0 Å². The second-order valence-electron chi connectivity index (χ2n) is 7.91. The summed E-state index contributed by atoms with van der Waals surface area (Å²) in [5.41, 5.74) is 0.397. The van der Waals surface area contributed by atoms with E-state index in [1.165, 1.54) is 12.1 Å². The van der Waals surface area contributed by atoms with E-state index >= 15 is 0 Å². The molecule has 1 heterocycles. The van der Waals surface area contributed by atoms with Crippen LogP contribution in [0.1, 0.15) is 38.7 Å². The first-order valence-electron chi connectivity index (χ1n) is 9.02. The van der Waals surface area contributed by atoms with Crippen molar-refractivity contribution in [2.45, 2.75) is 44.8 Å². The zero-order valence-corrected chi connectivity index (χ0v) is 15.5. The first kappa shape index (κ1) is 18.5. The highest BCUT2D eigenvalue weighted by molar-refractivity contribution is 5.76. The predicted molar refractivity (Wildman–Crippen MR) is 95.5 cm³/mol. The number of rotatable bonds is 2. The van der Waals surface area contributed by atoms with Gasteiger partial charge in [0.15, 0.2) is 0 Å². The number of piperazine rings is 1. The minimum atomic E-state index is -0.524. The fraction of sp³-hybridized carbons (Fsp3) is 0.579. The van der Waals surface area contributed by atoms with E-state index < -0.39 is 5.60 Å². The second-order valence-corrected chi connectivity index (χ2v) is 7.91. The molecule has 2 fully saturated rings. The van der Waals surface area contributed by atoms with Crippen molar-refractivity contribution in [2.75, 3.05) is 26.2 Å². The molecule has 0 bridgehead atoms. The molecular weight excluding hydrogens is 337 g/mol. The summed E-state index contributed by atoms with van der Waals surface area (Å²) in [4.78, 5) is 27.8. The molecule has 0 aromatic heterocycles. The maximum atomic E-state index is 13.3. The van der Waals surface area contributed by atoms with Crippen molar-refractivity contribution in [3.8, 4) is 0 Å². The maximum Gasteiger partial charge on any atom is 0.410 e. The number of halogens is 1. The molecule has 1 N–H and O–H groups in total. The Morgan fingerprint density at radius 3 is 2.42 bits per heavy atom. The van der Waals surface area contributed by atoms with E-state index in [1.807, 2.05) is 26.8 Å². The molecule has 7 heteroatoms. The summed E-state index contributed by atoms with van der Waals surface area (Å²) < 4.78 is 18.7. The Labute approximate surface area is 153 Å². The Kier molecular flexibility index (Phi) is 5.07. The molecule has 1 saturated heterocycles. The van der Waals surface area contributed by atoms with Crippen LogP contribution in [0.5, 0.6) is 0 Å². The van der Waals surface area contributed by atoms with Crippen molar-refractivity contribution in [3.63, 3.8) is 0 Å². The lowest BCUT2D eigenvalue weighted by Gasteiger charge is -2.35. The second kappa shape index (κ2) is 7.13. The number of benzene rings is 1. The first-order chi connectivity index (χ1) is 12.2. The van der Waals surface area contributed by atoms with Gasteiger partial charge in [0.25, 0.3) is 0 Å². The van der Waals surface area contributed by atoms with Gasteiger partial charge >= 0.3 is 12.1 Å². The van der Waals surface area contributed by atoms with Gasteiger partial charge in [-0.25, -0.2) is 14.0 Å². The number of nitrogens with zero attached hydrogens (tertiary/aromatic N) is 2. The van der Waals surface area contributed by atoms with Gasteiger partial charge in [0.1, 0.15) is 11.4 Å². The molecule has 1 aromatic carbocycles. The van der Waals surface area contributed by atoms with E-state index in [4.69, 9.17) is 4.74 Å². The first-order valence-corrected chi connectivity index (χ1v) is 9.02.